The van der Waals surface area contributed by atoms with Crippen LogP contribution in [0.2, 0.25) is 0 Å². The lowest BCUT2D eigenvalue weighted by Gasteiger charge is -2.02. The molecule has 60 valence electrons. The lowest BCUT2D eigenvalue weighted by molar-refractivity contribution is 0.669. The summed E-state index contributed by atoms with van der Waals surface area (Å²) in [6.07, 6.45) is 2.51. The molecule has 0 aromatic rings. The van der Waals surface area contributed by atoms with Crippen LogP contribution in [0.4, 0.5) is 0 Å². The summed E-state index contributed by atoms with van der Waals surface area (Å²) in [5, 5.41) is 0. The van der Waals surface area contributed by atoms with Crippen molar-refractivity contribution in [1.82, 2.24) is 0 Å². The molecule has 0 aliphatic rings. The second-order valence-electron chi connectivity index (χ2n) is 2.37. The number of nitrogens with two attached hydrogens (primary N) is 1. The predicted octanol–water partition coefficient (Wildman–Crippen LogP) is 0.658. The lowest BCUT2D eigenvalue weighted by atomic mass is 10.3. The highest BCUT2D eigenvalue weighted by molar-refractivity contribution is 7.85. The predicted molar refractivity (Wildman–Crippen MR) is 46.3 cm³/mol. The second-order valence-corrected chi connectivity index (χ2v) is 3.99. The van der Waals surface area contributed by atoms with E-state index in [0.717, 1.165) is 6.42 Å². The molecule has 0 aliphatic carbocycles. The van der Waals surface area contributed by atoms with Crippen LogP contribution in [0.5, 0.6) is 0 Å². The quantitative estimate of drug-likeness (QED) is 0.602. The summed E-state index contributed by atoms with van der Waals surface area (Å²) in [7, 11) is -0.739. The smallest absolute Gasteiger partial charge is 0.0412 e. The van der Waals surface area contributed by atoms with Gasteiger partial charge >= 0.3 is 0 Å². The largest absolute Gasteiger partial charge is 0.328 e. The van der Waals surface area contributed by atoms with Crippen LogP contribution in [0.25, 0.3) is 0 Å². The Labute approximate surface area is 65.0 Å². The molecule has 0 saturated carbocycles. The fourth-order valence-corrected chi connectivity index (χ4v) is 1.60. The van der Waals surface area contributed by atoms with Gasteiger partial charge in [0.15, 0.2) is 0 Å². The molecule has 0 radical (unpaired) electrons. The van der Waals surface area contributed by atoms with E-state index in [2.05, 4.69) is 6.58 Å². The van der Waals surface area contributed by atoms with Crippen molar-refractivity contribution in [2.24, 2.45) is 5.73 Å². The molecule has 0 saturated heterocycles. The minimum absolute atomic E-state index is 0.161. The van der Waals surface area contributed by atoms with E-state index in [1.807, 2.05) is 6.92 Å². The molecule has 0 fully saturated rings. The SMILES string of the molecule is C=CCS(=O)CCC(C)N. The molecule has 0 rings (SSSR count). The van der Waals surface area contributed by atoms with E-state index < -0.39 is 10.8 Å². The maximum absolute atomic E-state index is 10.9. The van der Waals surface area contributed by atoms with Gasteiger partial charge in [0, 0.05) is 28.3 Å². The highest BCUT2D eigenvalue weighted by Gasteiger charge is 1.98. The molecule has 0 aliphatic heterocycles. The van der Waals surface area contributed by atoms with Crippen LogP contribution in [0.3, 0.4) is 0 Å². The maximum Gasteiger partial charge on any atom is 0.0412 e. The fourth-order valence-electron chi connectivity index (χ4n) is 0.532. The molecule has 2 nitrogen and oxygen atoms in total. The van der Waals surface area contributed by atoms with E-state index in [-0.39, 0.29) is 6.04 Å². The lowest BCUT2D eigenvalue weighted by Crippen LogP contribution is -2.18. The first-order chi connectivity index (χ1) is 4.66. The van der Waals surface area contributed by atoms with Crippen LogP contribution in [-0.2, 0) is 10.8 Å². The van der Waals surface area contributed by atoms with E-state index in [4.69, 9.17) is 5.73 Å². The van der Waals surface area contributed by atoms with Gasteiger partial charge in [0.05, 0.1) is 0 Å². The van der Waals surface area contributed by atoms with Gasteiger partial charge < -0.3 is 5.73 Å². The Hall–Kier alpha value is -0.150. The monoisotopic (exact) mass is 161 g/mol. The highest BCUT2D eigenvalue weighted by atomic mass is 32.2. The van der Waals surface area contributed by atoms with Crippen molar-refractivity contribution in [2.75, 3.05) is 11.5 Å². The van der Waals surface area contributed by atoms with E-state index >= 15 is 0 Å². The van der Waals surface area contributed by atoms with E-state index in [1.54, 1.807) is 6.08 Å². The Morgan fingerprint density at radius 2 is 2.40 bits per heavy atom. The van der Waals surface area contributed by atoms with Crippen molar-refractivity contribution in [3.63, 3.8) is 0 Å². The van der Waals surface area contributed by atoms with Gasteiger partial charge in [-0.25, -0.2) is 0 Å². The summed E-state index contributed by atoms with van der Waals surface area (Å²) < 4.78 is 10.9. The van der Waals surface area contributed by atoms with Crippen molar-refractivity contribution in [3.8, 4) is 0 Å². The Balaban J connectivity index is 3.30. The van der Waals surface area contributed by atoms with Crippen LogP contribution in [0, 0.1) is 0 Å². The van der Waals surface area contributed by atoms with Crippen molar-refractivity contribution >= 4 is 10.8 Å². The minimum atomic E-state index is -0.739. The summed E-state index contributed by atoms with van der Waals surface area (Å²) >= 11 is 0. The van der Waals surface area contributed by atoms with Crippen LogP contribution >= 0.6 is 0 Å². The fraction of sp³-hybridized carbons (Fsp3) is 0.714. The van der Waals surface area contributed by atoms with Gasteiger partial charge in [-0.2, -0.15) is 0 Å². The Kier molecular flexibility index (Phi) is 5.54. The van der Waals surface area contributed by atoms with Gasteiger partial charge in [-0.15, -0.1) is 6.58 Å². The summed E-state index contributed by atoms with van der Waals surface area (Å²) in [4.78, 5) is 0. The van der Waals surface area contributed by atoms with Crippen LogP contribution < -0.4 is 5.73 Å². The second kappa shape index (κ2) is 5.62. The molecule has 0 aromatic carbocycles. The highest BCUT2D eigenvalue weighted by Crippen LogP contribution is 1.91. The van der Waals surface area contributed by atoms with Gasteiger partial charge in [0.1, 0.15) is 0 Å². The number of rotatable bonds is 5. The third-order valence-electron chi connectivity index (χ3n) is 1.10. The molecule has 10 heavy (non-hydrogen) atoms. The van der Waals surface area contributed by atoms with Crippen molar-refractivity contribution in [3.05, 3.63) is 12.7 Å². The van der Waals surface area contributed by atoms with E-state index in [0.29, 0.717) is 11.5 Å². The van der Waals surface area contributed by atoms with Crippen molar-refractivity contribution in [2.45, 2.75) is 19.4 Å². The van der Waals surface area contributed by atoms with Gasteiger partial charge in [0.2, 0.25) is 0 Å². The van der Waals surface area contributed by atoms with E-state index in [9.17, 15) is 4.21 Å². The number of hydrogen-bond donors (Lipinski definition) is 1. The zero-order valence-electron chi connectivity index (χ0n) is 6.38. The molecular weight excluding hydrogens is 146 g/mol. The van der Waals surface area contributed by atoms with Gasteiger partial charge in [-0.05, 0) is 13.3 Å². The molecule has 0 bridgehead atoms. The zero-order chi connectivity index (χ0) is 7.98. The third kappa shape index (κ3) is 5.98. The van der Waals surface area contributed by atoms with Gasteiger partial charge in [-0.1, -0.05) is 6.08 Å². The summed E-state index contributed by atoms with van der Waals surface area (Å²) in [6, 6.07) is 0.161. The van der Waals surface area contributed by atoms with Crippen LogP contribution in [0.1, 0.15) is 13.3 Å². The average Bonchev–Trinajstić information content (AvgIpc) is 1.85. The normalized spacial score (nSPS) is 16.2. The molecule has 0 heterocycles. The molecule has 2 N–H and O–H groups in total. The molecule has 0 spiro atoms. The molecule has 0 aromatic heterocycles. The van der Waals surface area contributed by atoms with Crippen LogP contribution in [-0.4, -0.2) is 21.8 Å². The number of hydrogen-bond acceptors (Lipinski definition) is 2. The minimum Gasteiger partial charge on any atom is -0.328 e. The Bertz CT molecular complexity index is 123. The molecule has 3 heteroatoms. The average molecular weight is 161 g/mol. The summed E-state index contributed by atoms with van der Waals surface area (Å²) in [5.74, 6) is 1.29. The zero-order valence-corrected chi connectivity index (χ0v) is 7.19. The van der Waals surface area contributed by atoms with E-state index in [1.165, 1.54) is 0 Å². The third-order valence-corrected chi connectivity index (χ3v) is 2.40. The molecule has 2 unspecified atom stereocenters. The molecule has 2 atom stereocenters. The summed E-state index contributed by atoms with van der Waals surface area (Å²) in [6.45, 7) is 5.43. The van der Waals surface area contributed by atoms with Gasteiger partial charge in [0.25, 0.3) is 0 Å². The maximum atomic E-state index is 10.9. The first-order valence-corrected chi connectivity index (χ1v) is 4.87. The molecule has 0 amide bonds. The van der Waals surface area contributed by atoms with Crippen LogP contribution in [0.15, 0.2) is 12.7 Å². The van der Waals surface area contributed by atoms with Gasteiger partial charge in [-0.3, -0.25) is 4.21 Å². The first kappa shape index (κ1) is 9.85. The van der Waals surface area contributed by atoms with Crippen molar-refractivity contribution < 1.29 is 4.21 Å². The Morgan fingerprint density at radius 1 is 1.80 bits per heavy atom. The summed E-state index contributed by atoms with van der Waals surface area (Å²) in [5.41, 5.74) is 5.48. The first-order valence-electron chi connectivity index (χ1n) is 3.38. The van der Waals surface area contributed by atoms with Crippen molar-refractivity contribution in [1.29, 1.82) is 0 Å². The Morgan fingerprint density at radius 3 is 2.80 bits per heavy atom. The topological polar surface area (TPSA) is 43.1 Å². The standard InChI is InChI=1S/C7H15NOS/c1-3-5-10(9)6-4-7(2)8/h3,7H,1,4-6,8H2,2H3. The molecular formula is C7H15NOS.